The van der Waals surface area contributed by atoms with E-state index in [9.17, 15) is 9.59 Å². The number of anilines is 1. The predicted octanol–water partition coefficient (Wildman–Crippen LogP) is 1.82. The third-order valence-corrected chi connectivity index (χ3v) is 6.15. The number of carboxylic acid groups (broad SMARTS) is 1. The van der Waals surface area contributed by atoms with E-state index in [4.69, 9.17) is 14.6 Å². The van der Waals surface area contributed by atoms with E-state index in [2.05, 4.69) is 25.5 Å². The van der Waals surface area contributed by atoms with Crippen molar-refractivity contribution in [2.75, 3.05) is 58.8 Å². The summed E-state index contributed by atoms with van der Waals surface area (Å²) in [7, 11) is 3.28. The van der Waals surface area contributed by atoms with Crippen LogP contribution in [0.5, 0.6) is 11.5 Å². The van der Waals surface area contributed by atoms with Gasteiger partial charge in [-0.25, -0.2) is 9.78 Å². The van der Waals surface area contributed by atoms with E-state index >= 15 is 0 Å². The number of nitrogens with zero attached hydrogens (tertiary/aromatic N) is 4. The third kappa shape index (κ3) is 6.63. The second-order valence-corrected chi connectivity index (χ2v) is 8.63. The van der Waals surface area contributed by atoms with E-state index in [0.717, 1.165) is 50.6 Å². The lowest BCUT2D eigenvalue weighted by atomic mass is 10.0. The number of rotatable bonds is 11. The average molecular weight is 509 g/mol. The Labute approximate surface area is 214 Å². The molecule has 0 unspecified atom stereocenters. The summed E-state index contributed by atoms with van der Waals surface area (Å²) in [4.78, 5) is 35.8. The first-order valence-corrected chi connectivity index (χ1v) is 12.2. The number of piperazine rings is 1. The van der Waals surface area contributed by atoms with Crippen LogP contribution in [0.2, 0.25) is 0 Å². The minimum absolute atomic E-state index is 0.0630. The maximum absolute atomic E-state index is 13.8. The summed E-state index contributed by atoms with van der Waals surface area (Å²) in [6.45, 7) is 5.41. The molecule has 0 spiro atoms. The van der Waals surface area contributed by atoms with Gasteiger partial charge in [0, 0.05) is 69.1 Å². The second kappa shape index (κ2) is 12.3. The summed E-state index contributed by atoms with van der Waals surface area (Å²) in [6, 6.07) is 6.99. The fraction of sp³-hybridized carbons (Fsp3) is 0.385. The van der Waals surface area contributed by atoms with Gasteiger partial charge in [-0.15, -0.1) is 0 Å². The largest absolute Gasteiger partial charge is 0.497 e. The van der Waals surface area contributed by atoms with Gasteiger partial charge in [0.05, 0.1) is 7.11 Å². The number of aryl methyl sites for hydroxylation is 1. The van der Waals surface area contributed by atoms with Gasteiger partial charge >= 0.3 is 5.97 Å². The maximum Gasteiger partial charge on any atom is 0.328 e. The SMILES string of the molecule is CNc1ncc2cc(-c3cc(OC)cc(OC/C=C/C(=O)O)c3)c(=O)n(CCCN3CCNCC3)c2n1. The summed E-state index contributed by atoms with van der Waals surface area (Å²) >= 11 is 0. The molecule has 1 aliphatic heterocycles. The molecule has 1 aliphatic rings. The highest BCUT2D eigenvalue weighted by atomic mass is 16.5. The predicted molar refractivity (Wildman–Crippen MR) is 142 cm³/mol. The standard InChI is InChI=1S/C26H32N6O5/c1-27-26-29-17-19-15-22(18-13-20(36-2)16-21(14-18)37-12-3-5-23(33)34)25(35)32(24(19)30-26)9-4-8-31-10-6-28-7-11-31/h3,5,13-17,28H,4,6-12H2,1-2H3,(H,33,34)(H,27,29,30)/b5-3+. The quantitative estimate of drug-likeness (QED) is 0.330. The Morgan fingerprint density at radius 3 is 2.70 bits per heavy atom. The molecular weight excluding hydrogens is 476 g/mol. The lowest BCUT2D eigenvalue weighted by Crippen LogP contribution is -2.44. The Bertz CT molecular complexity index is 1330. The summed E-state index contributed by atoms with van der Waals surface area (Å²) in [5.41, 5.74) is 1.50. The van der Waals surface area contributed by atoms with Gasteiger partial charge in [0.1, 0.15) is 23.8 Å². The van der Waals surface area contributed by atoms with Crippen molar-refractivity contribution in [2.45, 2.75) is 13.0 Å². The van der Waals surface area contributed by atoms with Crippen LogP contribution in [-0.4, -0.2) is 84.0 Å². The van der Waals surface area contributed by atoms with Gasteiger partial charge in [-0.3, -0.25) is 9.36 Å². The molecule has 0 saturated carbocycles. The van der Waals surface area contributed by atoms with Gasteiger partial charge in [-0.2, -0.15) is 4.98 Å². The number of ether oxygens (including phenoxy) is 2. The van der Waals surface area contributed by atoms with Crippen LogP contribution in [0, 0.1) is 0 Å². The molecule has 3 heterocycles. The molecule has 0 bridgehead atoms. The topological polar surface area (TPSA) is 131 Å². The number of benzene rings is 1. The van der Waals surface area contributed by atoms with Crippen LogP contribution in [0.3, 0.4) is 0 Å². The van der Waals surface area contributed by atoms with E-state index in [1.54, 1.807) is 42.1 Å². The minimum Gasteiger partial charge on any atom is -0.497 e. The monoisotopic (exact) mass is 508 g/mol. The van der Waals surface area contributed by atoms with Gasteiger partial charge < -0.3 is 30.1 Å². The van der Waals surface area contributed by atoms with Gasteiger partial charge in [-0.05, 0) is 42.8 Å². The maximum atomic E-state index is 13.8. The van der Waals surface area contributed by atoms with Gasteiger partial charge in [0.25, 0.3) is 5.56 Å². The summed E-state index contributed by atoms with van der Waals surface area (Å²) < 4.78 is 12.8. The number of carboxylic acids is 1. The Kier molecular flexibility index (Phi) is 8.70. The van der Waals surface area contributed by atoms with Gasteiger partial charge in [-0.1, -0.05) is 0 Å². The number of carbonyl (C=O) groups is 1. The number of fused-ring (bicyclic) bond motifs is 1. The van der Waals surface area contributed by atoms with Crippen molar-refractivity contribution in [3.05, 3.63) is 53.0 Å². The van der Waals surface area contributed by atoms with Crippen molar-refractivity contribution < 1.29 is 19.4 Å². The van der Waals surface area contributed by atoms with E-state index in [1.165, 1.54) is 13.2 Å². The lowest BCUT2D eigenvalue weighted by Gasteiger charge is -2.27. The number of pyridine rings is 1. The molecule has 0 amide bonds. The van der Waals surface area contributed by atoms with Crippen LogP contribution in [0.1, 0.15) is 6.42 Å². The Balaban J connectivity index is 1.70. The van der Waals surface area contributed by atoms with Crippen molar-refractivity contribution in [1.29, 1.82) is 0 Å². The lowest BCUT2D eigenvalue weighted by molar-refractivity contribution is -0.131. The van der Waals surface area contributed by atoms with E-state index in [-0.39, 0.29) is 12.2 Å². The van der Waals surface area contributed by atoms with E-state index in [0.29, 0.717) is 40.8 Å². The highest BCUT2D eigenvalue weighted by Crippen LogP contribution is 2.30. The first-order valence-electron chi connectivity index (χ1n) is 12.2. The van der Waals surface area contributed by atoms with Crippen molar-refractivity contribution in [3.63, 3.8) is 0 Å². The molecule has 11 heteroatoms. The molecule has 2 aromatic heterocycles. The van der Waals surface area contributed by atoms with Crippen LogP contribution in [0.15, 0.2) is 47.4 Å². The van der Waals surface area contributed by atoms with Crippen LogP contribution >= 0.6 is 0 Å². The van der Waals surface area contributed by atoms with Gasteiger partial charge in [0.15, 0.2) is 0 Å². The third-order valence-electron chi connectivity index (χ3n) is 6.15. The zero-order chi connectivity index (χ0) is 26.2. The highest BCUT2D eigenvalue weighted by molar-refractivity contribution is 5.82. The molecule has 3 N–H and O–H groups in total. The fourth-order valence-electron chi connectivity index (χ4n) is 4.30. The van der Waals surface area contributed by atoms with Crippen molar-refractivity contribution in [1.82, 2.24) is 24.8 Å². The van der Waals surface area contributed by atoms with Crippen LogP contribution in [0.25, 0.3) is 22.2 Å². The summed E-state index contributed by atoms with van der Waals surface area (Å²) in [5, 5.41) is 15.8. The van der Waals surface area contributed by atoms with Crippen LogP contribution < -0.4 is 25.7 Å². The van der Waals surface area contributed by atoms with Crippen molar-refractivity contribution in [3.8, 4) is 22.6 Å². The number of hydrogen-bond acceptors (Lipinski definition) is 9. The highest BCUT2D eigenvalue weighted by Gasteiger charge is 2.16. The van der Waals surface area contributed by atoms with E-state index in [1.807, 2.05) is 0 Å². The molecule has 1 fully saturated rings. The fourth-order valence-corrected chi connectivity index (χ4v) is 4.30. The average Bonchev–Trinajstić information content (AvgIpc) is 2.92. The number of aliphatic carboxylic acids is 1. The Morgan fingerprint density at radius 2 is 1.97 bits per heavy atom. The van der Waals surface area contributed by atoms with Crippen LogP contribution in [-0.2, 0) is 11.3 Å². The summed E-state index contributed by atoms with van der Waals surface area (Å²) in [6.07, 6.45) is 4.93. The number of hydrogen-bond donors (Lipinski definition) is 3. The molecule has 0 aliphatic carbocycles. The molecule has 1 aromatic carbocycles. The van der Waals surface area contributed by atoms with Gasteiger partial charge in [0.2, 0.25) is 5.95 Å². The first-order chi connectivity index (χ1) is 18.0. The Hall–Kier alpha value is -3.96. The van der Waals surface area contributed by atoms with Crippen molar-refractivity contribution in [2.24, 2.45) is 0 Å². The number of aromatic nitrogens is 3. The molecule has 37 heavy (non-hydrogen) atoms. The van der Waals surface area contributed by atoms with E-state index < -0.39 is 5.97 Å². The molecule has 196 valence electrons. The molecule has 1 saturated heterocycles. The number of nitrogens with one attached hydrogen (secondary N) is 2. The zero-order valence-corrected chi connectivity index (χ0v) is 21.1. The first kappa shape index (κ1) is 26.1. The smallest absolute Gasteiger partial charge is 0.328 e. The molecule has 0 atom stereocenters. The van der Waals surface area contributed by atoms with Crippen LogP contribution in [0.4, 0.5) is 5.95 Å². The number of methoxy groups -OCH3 is 1. The molecule has 4 rings (SSSR count). The molecule has 3 aromatic rings. The Morgan fingerprint density at radius 1 is 1.19 bits per heavy atom. The minimum atomic E-state index is -1.05. The second-order valence-electron chi connectivity index (χ2n) is 8.63. The molecule has 11 nitrogen and oxygen atoms in total. The zero-order valence-electron chi connectivity index (χ0n) is 21.1. The normalized spacial score (nSPS) is 14.2. The summed E-state index contributed by atoms with van der Waals surface area (Å²) in [5.74, 6) is 0.367. The molecule has 0 radical (unpaired) electrons. The van der Waals surface area contributed by atoms with Crippen molar-refractivity contribution >= 4 is 23.0 Å². The molecular formula is C26H32N6O5.